The van der Waals surface area contributed by atoms with Gasteiger partial charge in [-0.05, 0) is 31.0 Å². The molecule has 0 spiro atoms. The maximum Gasteiger partial charge on any atom is 0.240 e. The smallest absolute Gasteiger partial charge is 0.240 e. The lowest BCUT2D eigenvalue weighted by molar-refractivity contribution is -0.120. The number of sulfonamides is 1. The summed E-state index contributed by atoms with van der Waals surface area (Å²) >= 11 is 0. The van der Waals surface area contributed by atoms with Crippen LogP contribution in [0.5, 0.6) is 0 Å². The summed E-state index contributed by atoms with van der Waals surface area (Å²) in [6.45, 7) is 1.86. The van der Waals surface area contributed by atoms with E-state index in [4.69, 9.17) is 0 Å². The van der Waals surface area contributed by atoms with Crippen LogP contribution in [0.4, 0.5) is 0 Å². The highest BCUT2D eigenvalue weighted by Crippen LogP contribution is 2.11. The van der Waals surface area contributed by atoms with Crippen molar-refractivity contribution in [3.8, 4) is 0 Å². The fourth-order valence-corrected chi connectivity index (χ4v) is 3.42. The van der Waals surface area contributed by atoms with Crippen LogP contribution >= 0.6 is 0 Å². The first-order valence-electron chi connectivity index (χ1n) is 8.30. The van der Waals surface area contributed by atoms with Crippen LogP contribution in [0.2, 0.25) is 0 Å². The van der Waals surface area contributed by atoms with Gasteiger partial charge in [0.1, 0.15) is 0 Å². The maximum atomic E-state index is 12.2. The second-order valence-electron chi connectivity index (χ2n) is 5.82. The fourth-order valence-electron chi connectivity index (χ4n) is 2.34. The molecule has 1 amide bonds. The van der Waals surface area contributed by atoms with E-state index in [1.807, 2.05) is 30.3 Å². The summed E-state index contributed by atoms with van der Waals surface area (Å²) in [6.07, 6.45) is 0.760. The lowest BCUT2D eigenvalue weighted by Gasteiger charge is -2.08. The van der Waals surface area contributed by atoms with Crippen molar-refractivity contribution < 1.29 is 18.0 Å². The van der Waals surface area contributed by atoms with E-state index in [2.05, 4.69) is 10.0 Å². The van der Waals surface area contributed by atoms with E-state index in [-0.39, 0.29) is 29.6 Å². The third kappa shape index (κ3) is 6.09. The molecule has 0 aliphatic rings. The highest BCUT2D eigenvalue weighted by molar-refractivity contribution is 7.89. The van der Waals surface area contributed by atoms with E-state index in [1.54, 1.807) is 6.07 Å². The van der Waals surface area contributed by atoms with Crippen LogP contribution in [-0.2, 0) is 21.2 Å². The van der Waals surface area contributed by atoms with Gasteiger partial charge in [0.25, 0.3) is 0 Å². The number of nitrogens with one attached hydrogen (secondary N) is 2. The molecule has 0 bridgehead atoms. The van der Waals surface area contributed by atoms with Crippen LogP contribution in [0.25, 0.3) is 0 Å². The average molecular weight is 374 g/mol. The van der Waals surface area contributed by atoms with Crippen molar-refractivity contribution in [2.24, 2.45) is 0 Å². The SMILES string of the molecule is CC(=O)c1cccc(S(=O)(=O)NCCC(=O)NCCc2ccccc2)c1. The Bertz CT molecular complexity index is 864. The normalized spacial score (nSPS) is 11.1. The minimum atomic E-state index is -3.76. The zero-order chi connectivity index (χ0) is 19.0. The zero-order valence-electron chi connectivity index (χ0n) is 14.6. The predicted octanol–water partition coefficient (Wildman–Crippen LogP) is 1.92. The largest absolute Gasteiger partial charge is 0.356 e. The first-order valence-corrected chi connectivity index (χ1v) is 9.78. The van der Waals surface area contributed by atoms with Gasteiger partial charge in [-0.1, -0.05) is 42.5 Å². The molecule has 0 heterocycles. The molecule has 26 heavy (non-hydrogen) atoms. The third-order valence-corrected chi connectivity index (χ3v) is 5.23. The Morgan fingerprint density at radius 1 is 0.962 bits per heavy atom. The van der Waals surface area contributed by atoms with Crippen molar-refractivity contribution in [3.05, 3.63) is 65.7 Å². The Morgan fingerprint density at radius 2 is 1.69 bits per heavy atom. The summed E-state index contributed by atoms with van der Waals surface area (Å²) in [7, 11) is -3.76. The van der Waals surface area contributed by atoms with E-state index >= 15 is 0 Å². The molecule has 0 unspecified atom stereocenters. The van der Waals surface area contributed by atoms with Crippen LogP contribution in [-0.4, -0.2) is 33.2 Å². The van der Waals surface area contributed by atoms with Gasteiger partial charge in [-0.3, -0.25) is 9.59 Å². The minimum Gasteiger partial charge on any atom is -0.356 e. The number of hydrogen-bond donors (Lipinski definition) is 2. The number of carbonyl (C=O) groups is 2. The molecule has 0 atom stereocenters. The second kappa shape index (κ2) is 9.26. The van der Waals surface area contributed by atoms with Gasteiger partial charge >= 0.3 is 0 Å². The van der Waals surface area contributed by atoms with Crippen molar-refractivity contribution in [2.75, 3.05) is 13.1 Å². The summed E-state index contributed by atoms with van der Waals surface area (Å²) in [5, 5.41) is 2.76. The number of ketones is 1. The molecule has 0 saturated carbocycles. The van der Waals surface area contributed by atoms with Gasteiger partial charge in [0, 0.05) is 25.1 Å². The molecule has 2 aromatic carbocycles. The molecule has 2 aromatic rings. The number of carbonyl (C=O) groups excluding carboxylic acids is 2. The second-order valence-corrected chi connectivity index (χ2v) is 7.58. The number of amides is 1. The molecule has 0 aliphatic heterocycles. The highest BCUT2D eigenvalue weighted by atomic mass is 32.2. The molecule has 2 N–H and O–H groups in total. The summed E-state index contributed by atoms with van der Waals surface area (Å²) in [4.78, 5) is 23.2. The lowest BCUT2D eigenvalue weighted by atomic mass is 10.1. The Kier molecular flexibility index (Phi) is 7.06. The van der Waals surface area contributed by atoms with Gasteiger partial charge in [-0.2, -0.15) is 0 Å². The molecule has 2 rings (SSSR count). The van der Waals surface area contributed by atoms with Crippen molar-refractivity contribution in [2.45, 2.75) is 24.7 Å². The molecule has 0 saturated heterocycles. The summed E-state index contributed by atoms with van der Waals surface area (Å²) in [6, 6.07) is 15.6. The summed E-state index contributed by atoms with van der Waals surface area (Å²) in [5.41, 5.74) is 1.45. The van der Waals surface area contributed by atoms with E-state index in [0.29, 0.717) is 12.1 Å². The molecule has 0 aliphatic carbocycles. The highest BCUT2D eigenvalue weighted by Gasteiger charge is 2.15. The Morgan fingerprint density at radius 3 is 2.38 bits per heavy atom. The van der Waals surface area contributed by atoms with Crippen LogP contribution in [0.3, 0.4) is 0 Å². The Balaban J connectivity index is 1.78. The van der Waals surface area contributed by atoms with Gasteiger partial charge in [0.2, 0.25) is 15.9 Å². The van der Waals surface area contributed by atoms with Gasteiger partial charge < -0.3 is 5.32 Å². The van der Waals surface area contributed by atoms with Gasteiger partial charge in [0.05, 0.1) is 4.90 Å². The number of rotatable bonds is 9. The van der Waals surface area contributed by atoms with E-state index in [1.165, 1.54) is 25.1 Å². The first-order chi connectivity index (χ1) is 12.4. The Labute approximate surface area is 153 Å². The van der Waals surface area contributed by atoms with Gasteiger partial charge in [0.15, 0.2) is 5.78 Å². The monoisotopic (exact) mass is 374 g/mol. The molecule has 0 radical (unpaired) electrons. The number of benzene rings is 2. The minimum absolute atomic E-state index is 0.00897. The molecule has 0 aromatic heterocycles. The molecular weight excluding hydrogens is 352 g/mol. The standard InChI is InChI=1S/C19H22N2O4S/c1-15(22)17-8-5-9-18(14-17)26(24,25)21-13-11-19(23)20-12-10-16-6-3-2-4-7-16/h2-9,14,21H,10-13H2,1H3,(H,20,23). The van der Waals surface area contributed by atoms with E-state index in [9.17, 15) is 18.0 Å². The molecule has 0 fully saturated rings. The molecule has 7 heteroatoms. The predicted molar refractivity (Wildman–Crippen MR) is 99.4 cm³/mol. The molecular formula is C19H22N2O4S. The third-order valence-electron chi connectivity index (χ3n) is 3.77. The Hall–Kier alpha value is -2.51. The van der Waals surface area contributed by atoms with E-state index < -0.39 is 10.0 Å². The van der Waals surface area contributed by atoms with Gasteiger partial charge in [-0.25, -0.2) is 13.1 Å². The number of Topliss-reactive ketones (excluding diaryl/α,β-unsaturated/α-hetero) is 1. The van der Waals surface area contributed by atoms with Crippen LogP contribution in [0.15, 0.2) is 59.5 Å². The van der Waals surface area contributed by atoms with Crippen LogP contribution in [0.1, 0.15) is 29.3 Å². The van der Waals surface area contributed by atoms with Gasteiger partial charge in [-0.15, -0.1) is 0 Å². The van der Waals surface area contributed by atoms with Crippen molar-refractivity contribution >= 4 is 21.7 Å². The molecule has 138 valence electrons. The first kappa shape index (κ1) is 19.8. The quantitative estimate of drug-likeness (QED) is 0.656. The number of hydrogen-bond acceptors (Lipinski definition) is 4. The fraction of sp³-hybridized carbons (Fsp3) is 0.263. The van der Waals surface area contributed by atoms with Crippen LogP contribution in [0, 0.1) is 0 Å². The topological polar surface area (TPSA) is 92.3 Å². The summed E-state index contributed by atoms with van der Waals surface area (Å²) in [5.74, 6) is -0.430. The van der Waals surface area contributed by atoms with Crippen molar-refractivity contribution in [3.63, 3.8) is 0 Å². The molecule has 6 nitrogen and oxygen atoms in total. The van der Waals surface area contributed by atoms with E-state index in [0.717, 1.165) is 12.0 Å². The summed E-state index contributed by atoms with van der Waals surface area (Å²) < 4.78 is 26.8. The maximum absolute atomic E-state index is 12.2. The van der Waals surface area contributed by atoms with Crippen molar-refractivity contribution in [1.29, 1.82) is 0 Å². The van der Waals surface area contributed by atoms with Crippen molar-refractivity contribution in [1.82, 2.24) is 10.0 Å². The lowest BCUT2D eigenvalue weighted by Crippen LogP contribution is -2.31. The zero-order valence-corrected chi connectivity index (χ0v) is 15.4. The average Bonchev–Trinajstić information content (AvgIpc) is 2.62. The van der Waals surface area contributed by atoms with Crippen LogP contribution < -0.4 is 10.0 Å².